The first kappa shape index (κ1) is 16.6. The zero-order chi connectivity index (χ0) is 15.1. The summed E-state index contributed by atoms with van der Waals surface area (Å²) in [4.78, 5) is 11.4. The van der Waals surface area contributed by atoms with Gasteiger partial charge in [-0.15, -0.1) is 0 Å². The monoisotopic (exact) mass is 308 g/mol. The molecule has 0 saturated carbocycles. The summed E-state index contributed by atoms with van der Waals surface area (Å²) in [6, 6.07) is 1.00. The van der Waals surface area contributed by atoms with Gasteiger partial charge in [0.25, 0.3) is 0 Å². The van der Waals surface area contributed by atoms with E-state index >= 15 is 0 Å². The highest BCUT2D eigenvalue weighted by Gasteiger charge is 2.13. The Morgan fingerprint density at radius 3 is 2.60 bits per heavy atom. The zero-order valence-electron chi connectivity index (χ0n) is 10.8. The van der Waals surface area contributed by atoms with E-state index in [9.17, 15) is 18.7 Å². The van der Waals surface area contributed by atoms with Crippen LogP contribution in [0.3, 0.4) is 0 Å². The van der Waals surface area contributed by atoms with Crippen LogP contribution in [-0.2, 0) is 4.74 Å². The molecule has 0 aliphatic heterocycles. The largest absolute Gasteiger partial charge is 0.391 e. The van der Waals surface area contributed by atoms with Gasteiger partial charge in [-0.1, -0.05) is 11.6 Å². The zero-order valence-corrected chi connectivity index (χ0v) is 11.5. The summed E-state index contributed by atoms with van der Waals surface area (Å²) >= 11 is 5.46. The third kappa shape index (κ3) is 5.28. The van der Waals surface area contributed by atoms with E-state index in [1.165, 1.54) is 7.11 Å². The molecule has 1 rings (SSSR count). The lowest BCUT2D eigenvalue weighted by molar-refractivity contribution is 0.0599. The highest BCUT2D eigenvalue weighted by Crippen LogP contribution is 2.23. The lowest BCUT2D eigenvalue weighted by Gasteiger charge is -2.12. The number of halogens is 3. The second-order valence-corrected chi connectivity index (χ2v) is 4.46. The Kier molecular flexibility index (Phi) is 6.63. The van der Waals surface area contributed by atoms with E-state index in [4.69, 9.17) is 16.3 Å². The number of methoxy groups -OCH3 is 1. The van der Waals surface area contributed by atoms with Crippen molar-refractivity contribution in [1.82, 2.24) is 5.32 Å². The van der Waals surface area contributed by atoms with Crippen LogP contribution in [0.2, 0.25) is 5.02 Å². The van der Waals surface area contributed by atoms with Crippen molar-refractivity contribution in [2.75, 3.05) is 25.6 Å². The maximum atomic E-state index is 13.4. The molecule has 0 radical (unpaired) electrons. The van der Waals surface area contributed by atoms with Crippen molar-refractivity contribution in [3.8, 4) is 0 Å². The van der Waals surface area contributed by atoms with Gasteiger partial charge < -0.3 is 20.5 Å². The second kappa shape index (κ2) is 7.98. The highest BCUT2D eigenvalue weighted by atomic mass is 35.5. The maximum absolute atomic E-state index is 13.4. The summed E-state index contributed by atoms with van der Waals surface area (Å²) in [6.07, 6.45) is -0.461. The third-order valence-corrected chi connectivity index (χ3v) is 2.59. The Morgan fingerprint density at radius 2 is 2.05 bits per heavy atom. The van der Waals surface area contributed by atoms with E-state index in [1.54, 1.807) is 0 Å². The van der Waals surface area contributed by atoms with Gasteiger partial charge in [-0.05, 0) is 18.6 Å². The molecule has 0 heterocycles. The standard InChI is InChI=1S/C12H15ClF2N2O3/c1-20-6-8(18)2-3-16-12(19)17-11-9(14)4-7(13)5-10(11)15/h4-5,8,18H,2-3,6H2,1H3,(H2,16,17,19). The van der Waals surface area contributed by atoms with Gasteiger partial charge in [0.05, 0.1) is 12.7 Å². The van der Waals surface area contributed by atoms with Crippen LogP contribution in [0, 0.1) is 11.6 Å². The third-order valence-electron chi connectivity index (χ3n) is 2.37. The molecule has 3 N–H and O–H groups in total. The number of amides is 2. The maximum Gasteiger partial charge on any atom is 0.319 e. The van der Waals surface area contributed by atoms with Crippen molar-refractivity contribution >= 4 is 23.3 Å². The first-order chi connectivity index (χ1) is 9.43. The fraction of sp³-hybridized carbons (Fsp3) is 0.417. The number of nitrogens with one attached hydrogen (secondary N) is 2. The number of hydrogen-bond acceptors (Lipinski definition) is 3. The van der Waals surface area contributed by atoms with E-state index in [1.807, 2.05) is 5.32 Å². The molecular formula is C12H15ClF2N2O3. The van der Waals surface area contributed by atoms with E-state index in [-0.39, 0.29) is 24.6 Å². The minimum atomic E-state index is -0.968. The smallest absolute Gasteiger partial charge is 0.319 e. The molecule has 20 heavy (non-hydrogen) atoms. The Balaban J connectivity index is 2.47. The molecule has 8 heteroatoms. The van der Waals surface area contributed by atoms with E-state index in [2.05, 4.69) is 5.32 Å². The van der Waals surface area contributed by atoms with Gasteiger partial charge in [0.15, 0.2) is 11.6 Å². The van der Waals surface area contributed by atoms with Crippen molar-refractivity contribution in [3.63, 3.8) is 0 Å². The average molecular weight is 309 g/mol. The van der Waals surface area contributed by atoms with Gasteiger partial charge in [0, 0.05) is 18.7 Å². The highest BCUT2D eigenvalue weighted by molar-refractivity contribution is 6.30. The van der Waals surface area contributed by atoms with Crippen molar-refractivity contribution in [1.29, 1.82) is 0 Å². The number of anilines is 1. The number of benzene rings is 1. The molecule has 0 aliphatic rings. The Morgan fingerprint density at radius 1 is 1.45 bits per heavy atom. The predicted octanol–water partition coefficient (Wildman–Crippen LogP) is 2.14. The van der Waals surface area contributed by atoms with Gasteiger partial charge >= 0.3 is 6.03 Å². The molecule has 2 amide bonds. The molecule has 112 valence electrons. The van der Waals surface area contributed by atoms with Crippen molar-refractivity contribution in [3.05, 3.63) is 28.8 Å². The van der Waals surface area contributed by atoms with Crippen LogP contribution in [0.15, 0.2) is 12.1 Å². The van der Waals surface area contributed by atoms with Gasteiger partial charge in [-0.3, -0.25) is 0 Å². The quantitative estimate of drug-likeness (QED) is 0.754. The Hall–Kier alpha value is -1.44. The topological polar surface area (TPSA) is 70.6 Å². The molecule has 0 aliphatic carbocycles. The van der Waals surface area contributed by atoms with Crippen LogP contribution >= 0.6 is 11.6 Å². The number of aliphatic hydroxyl groups excluding tert-OH is 1. The number of rotatable bonds is 6. The van der Waals surface area contributed by atoms with E-state index < -0.39 is 29.5 Å². The first-order valence-corrected chi connectivity index (χ1v) is 6.18. The number of hydrogen-bond donors (Lipinski definition) is 3. The summed E-state index contributed by atoms with van der Waals surface area (Å²) in [5.41, 5.74) is -0.579. The van der Waals surface area contributed by atoms with Crippen LogP contribution in [-0.4, -0.2) is 37.5 Å². The molecule has 1 aromatic carbocycles. The van der Waals surface area contributed by atoms with Gasteiger partial charge in [0.2, 0.25) is 0 Å². The van der Waals surface area contributed by atoms with E-state index in [0.717, 1.165) is 12.1 Å². The molecule has 0 aromatic heterocycles. The average Bonchev–Trinajstić information content (AvgIpc) is 2.34. The van der Waals surface area contributed by atoms with Gasteiger partial charge in [0.1, 0.15) is 5.69 Å². The molecule has 1 aromatic rings. The lowest BCUT2D eigenvalue weighted by atomic mass is 10.2. The molecule has 1 atom stereocenters. The van der Waals surface area contributed by atoms with Crippen molar-refractivity contribution in [2.24, 2.45) is 0 Å². The fourth-order valence-corrected chi connectivity index (χ4v) is 1.64. The van der Waals surface area contributed by atoms with E-state index in [0.29, 0.717) is 0 Å². The Bertz CT molecular complexity index is 451. The predicted molar refractivity (Wildman–Crippen MR) is 70.9 cm³/mol. The summed E-state index contributed by atoms with van der Waals surface area (Å²) in [5, 5.41) is 13.6. The number of carbonyl (C=O) groups excluding carboxylic acids is 1. The van der Waals surface area contributed by atoms with Gasteiger partial charge in [-0.2, -0.15) is 0 Å². The number of ether oxygens (including phenoxy) is 1. The Labute approximate surface area is 119 Å². The number of carbonyl (C=O) groups is 1. The summed E-state index contributed by atoms with van der Waals surface area (Å²) in [7, 11) is 1.44. The van der Waals surface area contributed by atoms with Crippen LogP contribution in [0.1, 0.15) is 6.42 Å². The fourth-order valence-electron chi connectivity index (χ4n) is 1.45. The summed E-state index contributed by atoms with van der Waals surface area (Å²) in [5.74, 6) is -1.94. The SMILES string of the molecule is COCC(O)CCNC(=O)Nc1c(F)cc(Cl)cc1F. The second-order valence-electron chi connectivity index (χ2n) is 4.02. The summed E-state index contributed by atoms with van der Waals surface area (Å²) in [6.45, 7) is 0.275. The molecule has 1 unspecified atom stereocenters. The minimum Gasteiger partial charge on any atom is -0.391 e. The normalized spacial score (nSPS) is 12.1. The van der Waals surface area contributed by atoms with Crippen LogP contribution < -0.4 is 10.6 Å². The molecule has 0 bridgehead atoms. The van der Waals surface area contributed by atoms with Crippen LogP contribution in [0.25, 0.3) is 0 Å². The van der Waals surface area contributed by atoms with Crippen molar-refractivity contribution in [2.45, 2.75) is 12.5 Å². The molecular weight excluding hydrogens is 294 g/mol. The lowest BCUT2D eigenvalue weighted by Crippen LogP contribution is -2.32. The summed E-state index contributed by atoms with van der Waals surface area (Å²) < 4.78 is 31.5. The van der Waals surface area contributed by atoms with Crippen molar-refractivity contribution < 1.29 is 23.4 Å². The molecule has 0 spiro atoms. The first-order valence-electron chi connectivity index (χ1n) is 5.80. The van der Waals surface area contributed by atoms with Gasteiger partial charge in [-0.25, -0.2) is 13.6 Å². The number of aliphatic hydroxyl groups is 1. The minimum absolute atomic E-state index is 0.103. The van der Waals surface area contributed by atoms with Crippen LogP contribution in [0.4, 0.5) is 19.3 Å². The molecule has 0 saturated heterocycles. The number of urea groups is 1. The van der Waals surface area contributed by atoms with Crippen LogP contribution in [0.5, 0.6) is 0 Å². The molecule has 5 nitrogen and oxygen atoms in total. The molecule has 0 fully saturated rings.